The summed E-state index contributed by atoms with van der Waals surface area (Å²) < 4.78 is 17.7. The van der Waals surface area contributed by atoms with E-state index in [2.05, 4.69) is 32.2 Å². The van der Waals surface area contributed by atoms with Crippen molar-refractivity contribution in [2.75, 3.05) is 0 Å². The van der Waals surface area contributed by atoms with Crippen LogP contribution in [0.2, 0.25) is 0 Å². The van der Waals surface area contributed by atoms with Crippen LogP contribution in [0.15, 0.2) is 35.2 Å². The highest BCUT2D eigenvalue weighted by atomic mass is 79.9. The Morgan fingerprint density at radius 3 is 2.73 bits per heavy atom. The van der Waals surface area contributed by atoms with Crippen LogP contribution in [-0.4, -0.2) is 25.3 Å². The first-order chi connectivity index (χ1) is 12.5. The van der Waals surface area contributed by atoms with Crippen LogP contribution < -0.4 is 0 Å². The van der Waals surface area contributed by atoms with Crippen molar-refractivity contribution in [2.45, 2.75) is 26.8 Å². The molecule has 0 radical (unpaired) electrons. The third kappa shape index (κ3) is 3.18. The summed E-state index contributed by atoms with van der Waals surface area (Å²) in [6, 6.07) is 6.06. The molecular formula is C18H15BrFN5O. The summed E-state index contributed by atoms with van der Waals surface area (Å²) in [4.78, 5) is 11.9. The van der Waals surface area contributed by atoms with Gasteiger partial charge in [0.2, 0.25) is 0 Å². The van der Waals surface area contributed by atoms with Gasteiger partial charge in [-0.1, -0.05) is 0 Å². The van der Waals surface area contributed by atoms with E-state index in [9.17, 15) is 14.4 Å². The number of carbonyl (C=O) groups is 1. The van der Waals surface area contributed by atoms with E-state index in [1.165, 1.54) is 36.0 Å². The Bertz CT molecular complexity index is 1030. The predicted molar refractivity (Wildman–Crippen MR) is 96.6 cm³/mol. The monoisotopic (exact) mass is 415 g/mol. The third-order valence-electron chi connectivity index (χ3n) is 4.06. The number of hydrogen-bond donors (Lipinski definition) is 0. The average Bonchev–Trinajstić information content (AvgIpc) is 3.19. The second-order valence-corrected chi connectivity index (χ2v) is 6.45. The number of ketones is 1. The zero-order valence-corrected chi connectivity index (χ0v) is 15.8. The van der Waals surface area contributed by atoms with Crippen molar-refractivity contribution in [2.24, 2.45) is 0 Å². The second-order valence-electron chi connectivity index (χ2n) is 5.70. The van der Waals surface area contributed by atoms with Crippen LogP contribution in [0, 0.1) is 17.1 Å². The fourth-order valence-corrected chi connectivity index (χ4v) is 3.33. The van der Waals surface area contributed by atoms with Gasteiger partial charge in [0, 0.05) is 24.1 Å². The lowest BCUT2D eigenvalue weighted by Gasteiger charge is -2.11. The highest BCUT2D eigenvalue weighted by Crippen LogP contribution is 2.25. The van der Waals surface area contributed by atoms with Crippen molar-refractivity contribution < 1.29 is 9.18 Å². The number of hydrogen-bond acceptors (Lipinski definition) is 4. The number of nitrogens with zero attached hydrogens (tertiary/aromatic N) is 5. The van der Waals surface area contributed by atoms with Crippen LogP contribution >= 0.6 is 15.9 Å². The van der Waals surface area contributed by atoms with Gasteiger partial charge in [0.1, 0.15) is 16.5 Å². The van der Waals surface area contributed by atoms with Gasteiger partial charge < -0.3 is 0 Å². The lowest BCUT2D eigenvalue weighted by molar-refractivity contribution is 0.101. The maximum absolute atomic E-state index is 13.6. The van der Waals surface area contributed by atoms with E-state index < -0.39 is 5.82 Å². The predicted octanol–water partition coefficient (Wildman–Crippen LogP) is 3.66. The quantitative estimate of drug-likeness (QED) is 0.595. The van der Waals surface area contributed by atoms with Gasteiger partial charge in [0.25, 0.3) is 0 Å². The van der Waals surface area contributed by atoms with Crippen LogP contribution in [0.5, 0.6) is 0 Å². The number of benzene rings is 1. The molecule has 2 aromatic heterocycles. The molecule has 0 unspecified atom stereocenters. The van der Waals surface area contributed by atoms with Crippen molar-refractivity contribution in [3.05, 3.63) is 63.4 Å². The first-order valence-corrected chi connectivity index (χ1v) is 8.73. The number of carbonyl (C=O) groups excluding carboxylic acids is 1. The minimum atomic E-state index is -0.500. The van der Waals surface area contributed by atoms with Gasteiger partial charge in [-0.2, -0.15) is 15.5 Å². The number of aromatic nitrogens is 4. The van der Waals surface area contributed by atoms with Crippen molar-refractivity contribution in [3.8, 4) is 11.8 Å². The lowest BCUT2D eigenvalue weighted by atomic mass is 10.1. The summed E-state index contributed by atoms with van der Waals surface area (Å²) in [5, 5.41) is 18.0. The molecule has 132 valence electrons. The van der Waals surface area contributed by atoms with Gasteiger partial charge in [-0.3, -0.25) is 9.48 Å². The van der Waals surface area contributed by atoms with E-state index in [1.807, 2.05) is 6.92 Å². The van der Waals surface area contributed by atoms with Crippen LogP contribution in [-0.2, 0) is 13.0 Å². The van der Waals surface area contributed by atoms with Gasteiger partial charge in [-0.05, 0) is 48.0 Å². The number of rotatable bonds is 5. The Morgan fingerprint density at radius 1 is 1.35 bits per heavy atom. The normalized spacial score (nSPS) is 10.7. The largest absolute Gasteiger partial charge is 0.294 e. The van der Waals surface area contributed by atoms with E-state index in [-0.39, 0.29) is 11.3 Å². The van der Waals surface area contributed by atoms with Crippen LogP contribution in [0.4, 0.5) is 4.39 Å². The van der Waals surface area contributed by atoms with Gasteiger partial charge in [0.15, 0.2) is 5.78 Å². The van der Waals surface area contributed by atoms with E-state index in [0.29, 0.717) is 29.9 Å². The summed E-state index contributed by atoms with van der Waals surface area (Å²) in [7, 11) is 0. The van der Waals surface area contributed by atoms with Gasteiger partial charge >= 0.3 is 0 Å². The Kier molecular flexibility index (Phi) is 5.00. The summed E-state index contributed by atoms with van der Waals surface area (Å²) in [6.45, 7) is 4.05. The topological polar surface area (TPSA) is 76.5 Å². The van der Waals surface area contributed by atoms with E-state index in [1.54, 1.807) is 10.9 Å². The molecule has 3 rings (SSSR count). The summed E-state index contributed by atoms with van der Waals surface area (Å²) in [5.41, 5.74) is 2.53. The highest BCUT2D eigenvalue weighted by Gasteiger charge is 2.19. The second kappa shape index (κ2) is 7.22. The molecule has 0 fully saturated rings. The molecule has 0 spiro atoms. The molecule has 0 aliphatic heterocycles. The maximum Gasteiger partial charge on any atom is 0.162 e. The zero-order valence-electron chi connectivity index (χ0n) is 14.2. The molecule has 1 aromatic carbocycles. The summed E-state index contributed by atoms with van der Waals surface area (Å²) in [6.07, 6.45) is 3.56. The zero-order chi connectivity index (χ0) is 18.8. The number of Topliss-reactive ketones (excluding diaryl/α,β-unsaturated/α-hetero) is 1. The molecule has 6 nitrogen and oxygen atoms in total. The Balaban J connectivity index is 2.14. The van der Waals surface area contributed by atoms with E-state index in [0.717, 1.165) is 10.2 Å². The Labute approximate surface area is 158 Å². The van der Waals surface area contributed by atoms with Gasteiger partial charge in [0.05, 0.1) is 29.3 Å². The lowest BCUT2D eigenvalue weighted by Crippen LogP contribution is -2.09. The highest BCUT2D eigenvalue weighted by molar-refractivity contribution is 9.10. The molecule has 0 saturated heterocycles. The molecular weight excluding hydrogens is 401 g/mol. The molecule has 0 bridgehead atoms. The minimum absolute atomic E-state index is 0.210. The fourth-order valence-electron chi connectivity index (χ4n) is 2.75. The molecule has 2 heterocycles. The molecule has 0 saturated carbocycles. The smallest absolute Gasteiger partial charge is 0.162 e. The number of aryl methyl sites for hydroxylation is 1. The minimum Gasteiger partial charge on any atom is -0.294 e. The first kappa shape index (κ1) is 18.0. The van der Waals surface area contributed by atoms with Crippen molar-refractivity contribution in [3.63, 3.8) is 0 Å². The Hall–Kier alpha value is -2.79. The van der Waals surface area contributed by atoms with Crippen LogP contribution in [0.1, 0.15) is 41.0 Å². The molecule has 26 heavy (non-hydrogen) atoms. The third-order valence-corrected chi connectivity index (χ3v) is 4.98. The first-order valence-electron chi connectivity index (χ1n) is 7.94. The number of nitriles is 1. The van der Waals surface area contributed by atoms with E-state index >= 15 is 0 Å². The van der Waals surface area contributed by atoms with Crippen LogP contribution in [0.25, 0.3) is 5.69 Å². The molecule has 0 atom stereocenters. The molecule has 0 N–H and O–H groups in total. The molecule has 0 aliphatic rings. The molecule has 8 heteroatoms. The van der Waals surface area contributed by atoms with Crippen molar-refractivity contribution >= 4 is 21.7 Å². The van der Waals surface area contributed by atoms with Crippen molar-refractivity contribution in [1.29, 1.82) is 5.26 Å². The summed E-state index contributed by atoms with van der Waals surface area (Å²) >= 11 is 3.52. The van der Waals surface area contributed by atoms with Gasteiger partial charge in [-0.15, -0.1) is 0 Å². The summed E-state index contributed by atoms with van der Waals surface area (Å²) in [5.74, 6) is -0.778. The molecule has 0 aliphatic carbocycles. The standard InChI is InChI=1S/C18H15BrFN5O/c1-3-24-18(19)12(9-22-24)6-17-13(8-21)10-23-25(17)16-5-4-14(20)7-15(16)11(2)26/h4-5,7,9-10H,3,6H2,1-2H3. The maximum atomic E-state index is 13.6. The Morgan fingerprint density at radius 2 is 2.12 bits per heavy atom. The van der Waals surface area contributed by atoms with Crippen LogP contribution in [0.3, 0.4) is 0 Å². The molecule has 3 aromatic rings. The average molecular weight is 416 g/mol. The van der Waals surface area contributed by atoms with Crippen molar-refractivity contribution in [1.82, 2.24) is 19.6 Å². The SMILES string of the molecule is CCn1ncc(Cc2c(C#N)cnn2-c2ccc(F)cc2C(C)=O)c1Br. The van der Waals surface area contributed by atoms with Gasteiger partial charge in [-0.25, -0.2) is 9.07 Å². The molecule has 0 amide bonds. The fraction of sp³-hybridized carbons (Fsp3) is 0.222. The van der Waals surface area contributed by atoms with E-state index in [4.69, 9.17) is 0 Å². The number of halogens is 2.